The van der Waals surface area contributed by atoms with Crippen LogP contribution in [-0.2, 0) is 4.79 Å². The molecule has 0 bridgehead atoms. The van der Waals surface area contributed by atoms with Crippen LogP contribution in [0.2, 0.25) is 0 Å². The van der Waals surface area contributed by atoms with Crippen LogP contribution in [0.5, 0.6) is 0 Å². The van der Waals surface area contributed by atoms with Crippen molar-refractivity contribution in [1.29, 1.82) is 0 Å². The molecule has 0 aromatic carbocycles. The standard InChI is InChI=1S/C5H6N2O2S/c8-5(9)3-6-4-1-2-10-7-4/h1-2H,3H2,(H,6,7)(H,8,9). The summed E-state index contributed by atoms with van der Waals surface area (Å²) in [6, 6.07) is 1.73. The molecule has 0 saturated heterocycles. The molecule has 2 N–H and O–H groups in total. The SMILES string of the molecule is O=C(O)CNc1ccsn1. The Bertz CT molecular complexity index is 209. The van der Waals surface area contributed by atoms with Crippen molar-refractivity contribution in [3.63, 3.8) is 0 Å². The first-order valence-corrected chi connectivity index (χ1v) is 3.49. The largest absolute Gasteiger partial charge is 0.480 e. The molecule has 0 aliphatic rings. The van der Waals surface area contributed by atoms with Crippen molar-refractivity contribution in [1.82, 2.24) is 4.37 Å². The monoisotopic (exact) mass is 158 g/mol. The zero-order valence-corrected chi connectivity index (χ0v) is 5.89. The van der Waals surface area contributed by atoms with E-state index in [1.807, 2.05) is 0 Å². The summed E-state index contributed by atoms with van der Waals surface area (Å²) in [5.41, 5.74) is 0. The Morgan fingerprint density at radius 3 is 3.20 bits per heavy atom. The Kier molecular flexibility index (Phi) is 2.22. The fourth-order valence-corrected chi connectivity index (χ4v) is 0.959. The minimum absolute atomic E-state index is 0.0796. The van der Waals surface area contributed by atoms with Crippen molar-refractivity contribution in [2.75, 3.05) is 11.9 Å². The lowest BCUT2D eigenvalue weighted by Gasteiger charge is -1.94. The van der Waals surface area contributed by atoms with Crippen LogP contribution in [-0.4, -0.2) is 22.0 Å². The van der Waals surface area contributed by atoms with Gasteiger partial charge in [-0.15, -0.1) is 0 Å². The summed E-state index contributed by atoms with van der Waals surface area (Å²) < 4.78 is 3.86. The number of aliphatic carboxylic acids is 1. The van der Waals surface area contributed by atoms with Gasteiger partial charge in [0.15, 0.2) is 0 Å². The Morgan fingerprint density at radius 1 is 1.90 bits per heavy atom. The lowest BCUT2D eigenvalue weighted by molar-refractivity contribution is -0.134. The number of nitrogens with one attached hydrogen (secondary N) is 1. The van der Waals surface area contributed by atoms with Crippen LogP contribution in [0.3, 0.4) is 0 Å². The summed E-state index contributed by atoms with van der Waals surface area (Å²) >= 11 is 1.29. The average Bonchev–Trinajstić information content (AvgIpc) is 2.34. The number of nitrogens with zero attached hydrogens (tertiary/aromatic N) is 1. The van der Waals surface area contributed by atoms with Gasteiger partial charge in [-0.05, 0) is 17.6 Å². The maximum atomic E-state index is 10.0. The van der Waals surface area contributed by atoms with Crippen molar-refractivity contribution in [2.45, 2.75) is 0 Å². The van der Waals surface area contributed by atoms with E-state index >= 15 is 0 Å². The van der Waals surface area contributed by atoms with E-state index in [-0.39, 0.29) is 6.54 Å². The number of hydrogen-bond donors (Lipinski definition) is 2. The average molecular weight is 158 g/mol. The third-order valence-corrected chi connectivity index (χ3v) is 1.42. The molecule has 1 rings (SSSR count). The third-order valence-electron chi connectivity index (χ3n) is 0.859. The number of aromatic nitrogens is 1. The fourth-order valence-electron chi connectivity index (χ4n) is 0.470. The van der Waals surface area contributed by atoms with Crippen molar-refractivity contribution in [3.05, 3.63) is 11.4 Å². The summed E-state index contributed by atoms with van der Waals surface area (Å²) in [4.78, 5) is 10.0. The van der Waals surface area contributed by atoms with Crippen LogP contribution in [0.15, 0.2) is 11.4 Å². The molecule has 0 fully saturated rings. The van der Waals surface area contributed by atoms with E-state index in [0.717, 1.165) is 0 Å². The smallest absolute Gasteiger partial charge is 0.322 e. The topological polar surface area (TPSA) is 62.2 Å². The maximum Gasteiger partial charge on any atom is 0.322 e. The zero-order valence-electron chi connectivity index (χ0n) is 5.07. The molecule has 4 nitrogen and oxygen atoms in total. The summed E-state index contributed by atoms with van der Waals surface area (Å²) in [6.07, 6.45) is 0. The van der Waals surface area contributed by atoms with E-state index in [2.05, 4.69) is 9.69 Å². The van der Waals surface area contributed by atoms with E-state index in [0.29, 0.717) is 5.82 Å². The van der Waals surface area contributed by atoms with Gasteiger partial charge < -0.3 is 10.4 Å². The van der Waals surface area contributed by atoms with Gasteiger partial charge in [0.25, 0.3) is 0 Å². The van der Waals surface area contributed by atoms with E-state index in [9.17, 15) is 4.79 Å². The number of hydrogen-bond acceptors (Lipinski definition) is 4. The van der Waals surface area contributed by atoms with E-state index in [1.54, 1.807) is 11.4 Å². The fraction of sp³-hybridized carbons (Fsp3) is 0.200. The molecule has 1 aromatic heterocycles. The van der Waals surface area contributed by atoms with Crippen molar-refractivity contribution in [2.24, 2.45) is 0 Å². The maximum absolute atomic E-state index is 10.0. The van der Waals surface area contributed by atoms with Gasteiger partial charge in [0, 0.05) is 5.38 Å². The van der Waals surface area contributed by atoms with E-state index < -0.39 is 5.97 Å². The molecule has 0 aliphatic heterocycles. The second-order valence-corrected chi connectivity index (χ2v) is 2.30. The molecule has 0 unspecified atom stereocenters. The van der Waals surface area contributed by atoms with E-state index in [1.165, 1.54) is 11.5 Å². The van der Waals surface area contributed by atoms with Gasteiger partial charge in [-0.1, -0.05) is 0 Å². The Labute approximate surface area is 61.7 Å². The zero-order chi connectivity index (χ0) is 7.40. The molecule has 0 aliphatic carbocycles. The highest BCUT2D eigenvalue weighted by molar-refractivity contribution is 7.03. The van der Waals surface area contributed by atoms with Crippen LogP contribution in [0.4, 0.5) is 5.82 Å². The summed E-state index contributed by atoms with van der Waals surface area (Å²) in [5.74, 6) is -0.264. The summed E-state index contributed by atoms with van der Waals surface area (Å²) in [6.45, 7) is -0.0796. The van der Waals surface area contributed by atoms with Gasteiger partial charge in [-0.3, -0.25) is 4.79 Å². The number of carboxylic acid groups (broad SMARTS) is 1. The van der Waals surface area contributed by atoms with Crippen LogP contribution in [0, 0.1) is 0 Å². The Hall–Kier alpha value is -1.10. The predicted octanol–water partition coefficient (Wildman–Crippen LogP) is 0.640. The molecule has 1 aromatic rings. The highest BCUT2D eigenvalue weighted by Crippen LogP contribution is 2.03. The second-order valence-electron chi connectivity index (χ2n) is 1.63. The number of anilines is 1. The molecule has 0 radical (unpaired) electrons. The predicted molar refractivity (Wildman–Crippen MR) is 38.2 cm³/mol. The van der Waals surface area contributed by atoms with Gasteiger partial charge >= 0.3 is 5.97 Å². The molecule has 0 saturated carbocycles. The highest BCUT2D eigenvalue weighted by atomic mass is 32.1. The number of carbonyl (C=O) groups is 1. The van der Waals surface area contributed by atoms with Crippen LogP contribution >= 0.6 is 11.5 Å². The first-order chi connectivity index (χ1) is 4.79. The third kappa shape index (κ3) is 2.02. The van der Waals surface area contributed by atoms with Crippen LogP contribution in [0.25, 0.3) is 0 Å². The minimum atomic E-state index is -0.881. The van der Waals surface area contributed by atoms with Crippen molar-refractivity contribution in [3.8, 4) is 0 Å². The summed E-state index contributed by atoms with van der Waals surface area (Å²) in [7, 11) is 0. The molecule has 0 amide bonds. The number of carboxylic acids is 1. The normalized spacial score (nSPS) is 9.20. The second kappa shape index (κ2) is 3.17. The molecule has 0 spiro atoms. The molecular formula is C5H6N2O2S. The Balaban J connectivity index is 2.35. The van der Waals surface area contributed by atoms with Crippen molar-refractivity contribution >= 4 is 23.3 Å². The van der Waals surface area contributed by atoms with Gasteiger partial charge in [-0.2, -0.15) is 4.37 Å². The molecule has 54 valence electrons. The number of rotatable bonds is 3. The molecule has 5 heteroatoms. The quantitative estimate of drug-likeness (QED) is 0.677. The van der Waals surface area contributed by atoms with Crippen LogP contribution in [0.1, 0.15) is 0 Å². The molecular weight excluding hydrogens is 152 g/mol. The van der Waals surface area contributed by atoms with Crippen LogP contribution < -0.4 is 5.32 Å². The van der Waals surface area contributed by atoms with Gasteiger partial charge in [0.05, 0.1) is 0 Å². The summed E-state index contributed by atoms with van der Waals surface area (Å²) in [5, 5.41) is 12.6. The first-order valence-electron chi connectivity index (χ1n) is 2.65. The van der Waals surface area contributed by atoms with Crippen molar-refractivity contribution < 1.29 is 9.90 Å². The highest BCUT2D eigenvalue weighted by Gasteiger charge is 1.96. The molecule has 0 atom stereocenters. The Morgan fingerprint density at radius 2 is 2.70 bits per heavy atom. The minimum Gasteiger partial charge on any atom is -0.480 e. The molecule has 1 heterocycles. The lowest BCUT2D eigenvalue weighted by atomic mass is 10.6. The first kappa shape index (κ1) is 7.01. The van der Waals surface area contributed by atoms with Gasteiger partial charge in [-0.25, -0.2) is 0 Å². The lowest BCUT2D eigenvalue weighted by Crippen LogP contribution is -2.12. The van der Waals surface area contributed by atoms with E-state index in [4.69, 9.17) is 5.11 Å². The van der Waals surface area contributed by atoms with Gasteiger partial charge in [0.2, 0.25) is 0 Å². The van der Waals surface area contributed by atoms with Gasteiger partial charge in [0.1, 0.15) is 12.4 Å². The molecule has 10 heavy (non-hydrogen) atoms.